The van der Waals surface area contributed by atoms with Gasteiger partial charge in [-0.3, -0.25) is 0 Å². The summed E-state index contributed by atoms with van der Waals surface area (Å²) in [4.78, 5) is 2.17. The van der Waals surface area contributed by atoms with E-state index in [9.17, 15) is 13.2 Å². The second kappa shape index (κ2) is 9.49. The van der Waals surface area contributed by atoms with Crippen molar-refractivity contribution >= 4 is 21.5 Å². The quantitative estimate of drug-likeness (QED) is 0.623. The lowest BCUT2D eigenvalue weighted by atomic mass is 9.52. The second-order valence-electron chi connectivity index (χ2n) is 10.9. The number of hydrogen-bond donors (Lipinski definition) is 1. The zero-order valence-corrected chi connectivity index (χ0v) is 20.6. The largest absolute Gasteiger partial charge is 0.493 e. The first-order valence-electron chi connectivity index (χ1n) is 13.1. The van der Waals surface area contributed by atoms with Crippen LogP contribution in [0.15, 0.2) is 24.3 Å². The molecule has 0 amide bonds. The van der Waals surface area contributed by atoms with E-state index in [0.29, 0.717) is 43.0 Å². The van der Waals surface area contributed by atoms with Crippen molar-refractivity contribution in [1.82, 2.24) is 15.1 Å². The normalized spacial score (nSPS) is 26.6. The SMILES string of the molecule is [B]C([B])(C1CCOCC1)N1C[C@H]2CC(Nc3nnc(-c4ccc5c(c4)OCC5)cc3C(F)(F)F)C[C@H]2C1. The lowest BCUT2D eigenvalue weighted by Crippen LogP contribution is -2.56. The third-order valence-corrected chi connectivity index (χ3v) is 8.61. The summed E-state index contributed by atoms with van der Waals surface area (Å²) in [5.74, 6) is 1.31. The molecular formula is C26H29B2F3N4O2. The van der Waals surface area contributed by atoms with Crippen LogP contribution in [0.3, 0.4) is 0 Å². The molecule has 37 heavy (non-hydrogen) atoms. The Morgan fingerprint density at radius 1 is 0.973 bits per heavy atom. The molecule has 1 saturated carbocycles. The minimum atomic E-state index is -4.56. The molecule has 6 nitrogen and oxygen atoms in total. The van der Waals surface area contributed by atoms with E-state index in [4.69, 9.17) is 25.2 Å². The first-order valence-corrected chi connectivity index (χ1v) is 13.1. The fourth-order valence-electron chi connectivity index (χ4n) is 6.53. The molecule has 6 rings (SSSR count). The summed E-state index contributed by atoms with van der Waals surface area (Å²) in [7, 11) is 13.2. The summed E-state index contributed by atoms with van der Waals surface area (Å²) in [5.41, 5.74) is 0.966. The van der Waals surface area contributed by atoms with Gasteiger partial charge in [0.25, 0.3) is 0 Å². The summed E-state index contributed by atoms with van der Waals surface area (Å²) in [6.07, 6.45) is -0.589. The Hall–Kier alpha value is -2.26. The molecule has 4 aliphatic rings. The third kappa shape index (κ3) is 4.85. The number of nitrogens with one attached hydrogen (secondary N) is 1. The maximum atomic E-state index is 14.1. The molecule has 192 valence electrons. The van der Waals surface area contributed by atoms with E-state index in [-0.39, 0.29) is 23.5 Å². The number of anilines is 1. The summed E-state index contributed by atoms with van der Waals surface area (Å²) in [6, 6.07) is 6.34. The van der Waals surface area contributed by atoms with Crippen molar-refractivity contribution in [1.29, 1.82) is 0 Å². The molecule has 2 saturated heterocycles. The number of fused-ring (bicyclic) bond motifs is 2. The van der Waals surface area contributed by atoms with Gasteiger partial charge in [0.2, 0.25) is 0 Å². The van der Waals surface area contributed by atoms with E-state index in [0.717, 1.165) is 56.8 Å². The van der Waals surface area contributed by atoms with Crippen molar-refractivity contribution in [3.05, 3.63) is 35.4 Å². The number of aromatic nitrogens is 2. The van der Waals surface area contributed by atoms with Crippen LogP contribution in [-0.2, 0) is 17.3 Å². The Bertz CT molecular complexity index is 1150. The Labute approximate surface area is 217 Å². The topological polar surface area (TPSA) is 59.5 Å². The van der Waals surface area contributed by atoms with E-state index in [1.165, 1.54) is 0 Å². The van der Waals surface area contributed by atoms with E-state index in [1.54, 1.807) is 12.1 Å². The van der Waals surface area contributed by atoms with Crippen molar-refractivity contribution in [2.24, 2.45) is 17.8 Å². The van der Waals surface area contributed by atoms with Crippen molar-refractivity contribution in [2.75, 3.05) is 38.2 Å². The summed E-state index contributed by atoms with van der Waals surface area (Å²) < 4.78 is 53.2. The highest BCUT2D eigenvalue weighted by atomic mass is 19.4. The van der Waals surface area contributed by atoms with Crippen molar-refractivity contribution in [3.63, 3.8) is 0 Å². The molecular weight excluding hydrogens is 479 g/mol. The van der Waals surface area contributed by atoms with Crippen LogP contribution in [0.2, 0.25) is 0 Å². The van der Waals surface area contributed by atoms with Crippen LogP contribution in [0.5, 0.6) is 5.75 Å². The molecule has 1 aliphatic carbocycles. The zero-order valence-electron chi connectivity index (χ0n) is 20.6. The average Bonchev–Trinajstić information content (AvgIpc) is 3.59. The summed E-state index contributed by atoms with van der Waals surface area (Å²) in [6.45, 7) is 3.44. The van der Waals surface area contributed by atoms with Gasteiger partial charge in [0.1, 0.15) is 11.3 Å². The molecule has 4 heterocycles. The molecule has 0 spiro atoms. The van der Waals surface area contributed by atoms with Gasteiger partial charge in [-0.15, -0.1) is 10.2 Å². The number of nitrogens with zero attached hydrogens (tertiary/aromatic N) is 3. The maximum Gasteiger partial charge on any atom is 0.420 e. The summed E-state index contributed by atoms with van der Waals surface area (Å²) >= 11 is 0. The molecule has 3 aliphatic heterocycles. The number of likely N-dealkylation sites (tertiary alicyclic amines) is 1. The molecule has 3 fully saturated rings. The molecule has 0 bridgehead atoms. The number of rotatable bonds is 5. The summed E-state index contributed by atoms with van der Waals surface area (Å²) in [5, 5.41) is 10.3. The molecule has 11 heteroatoms. The van der Waals surface area contributed by atoms with Crippen LogP contribution >= 0.6 is 0 Å². The third-order valence-electron chi connectivity index (χ3n) is 8.61. The van der Waals surface area contributed by atoms with Crippen LogP contribution in [-0.4, -0.2) is 75.1 Å². The van der Waals surface area contributed by atoms with Crippen LogP contribution in [0.1, 0.15) is 36.8 Å². The number of alkyl halides is 3. The van der Waals surface area contributed by atoms with E-state index in [2.05, 4.69) is 20.4 Å². The van der Waals surface area contributed by atoms with E-state index < -0.39 is 17.1 Å². The van der Waals surface area contributed by atoms with Crippen molar-refractivity contribution < 1.29 is 22.6 Å². The van der Waals surface area contributed by atoms with Crippen molar-refractivity contribution in [3.8, 4) is 17.0 Å². The van der Waals surface area contributed by atoms with Gasteiger partial charge in [-0.05, 0) is 61.1 Å². The first-order chi connectivity index (χ1) is 17.7. The van der Waals surface area contributed by atoms with Crippen LogP contribution < -0.4 is 10.1 Å². The highest BCUT2D eigenvalue weighted by molar-refractivity contribution is 6.40. The van der Waals surface area contributed by atoms with Gasteiger partial charge in [-0.25, -0.2) is 0 Å². The van der Waals surface area contributed by atoms with Gasteiger partial charge >= 0.3 is 6.18 Å². The smallest absolute Gasteiger partial charge is 0.420 e. The number of hydrogen-bond acceptors (Lipinski definition) is 6. The lowest BCUT2D eigenvalue weighted by molar-refractivity contribution is -0.137. The molecule has 4 radical (unpaired) electrons. The average molecular weight is 508 g/mol. The highest BCUT2D eigenvalue weighted by Gasteiger charge is 2.47. The minimum Gasteiger partial charge on any atom is -0.493 e. The van der Waals surface area contributed by atoms with Gasteiger partial charge in [0.15, 0.2) is 5.82 Å². The predicted octanol–water partition coefficient (Wildman–Crippen LogP) is 3.64. The molecule has 3 atom stereocenters. The van der Waals surface area contributed by atoms with E-state index >= 15 is 0 Å². The minimum absolute atomic E-state index is 0.111. The monoisotopic (exact) mass is 508 g/mol. The standard InChI is InChI=1S/C26H29B2F3N4O2/c27-25(28,19-4-6-36-7-5-19)35-13-17-9-20(10-18(17)14-35)32-24-21(26(29,30)31)12-22(33-34-24)16-2-1-15-3-8-37-23(15)11-16/h1-2,11-12,17-20H,3-10,13-14H2,(H,32,34)/t17-,18+,20?. The van der Waals surface area contributed by atoms with Gasteiger partial charge in [-0.2, -0.15) is 13.2 Å². The molecule has 1 aromatic heterocycles. The molecule has 1 unspecified atom stereocenters. The van der Waals surface area contributed by atoms with E-state index in [1.807, 2.05) is 6.07 Å². The van der Waals surface area contributed by atoms with Gasteiger partial charge in [0, 0.05) is 44.3 Å². The second-order valence-corrected chi connectivity index (χ2v) is 10.9. The Morgan fingerprint density at radius 2 is 1.70 bits per heavy atom. The van der Waals surface area contributed by atoms with Crippen LogP contribution in [0.4, 0.5) is 19.0 Å². The molecule has 2 aromatic rings. The highest BCUT2D eigenvalue weighted by Crippen LogP contribution is 2.44. The zero-order chi connectivity index (χ0) is 25.8. The Morgan fingerprint density at radius 3 is 2.41 bits per heavy atom. The fraction of sp³-hybridized carbons (Fsp3) is 0.615. The number of ether oxygens (including phenoxy) is 2. The molecule has 1 aromatic carbocycles. The Kier molecular flexibility index (Phi) is 6.42. The fourth-order valence-corrected chi connectivity index (χ4v) is 6.53. The Balaban J connectivity index is 1.15. The first kappa shape index (κ1) is 25.0. The lowest BCUT2D eigenvalue weighted by Gasteiger charge is -2.45. The maximum absolute atomic E-state index is 14.1. The number of benzene rings is 1. The number of halogens is 3. The van der Waals surface area contributed by atoms with Gasteiger partial charge in [-0.1, -0.05) is 17.5 Å². The van der Waals surface area contributed by atoms with Crippen molar-refractivity contribution in [2.45, 2.75) is 49.7 Å². The van der Waals surface area contributed by atoms with Gasteiger partial charge in [0.05, 0.1) is 28.0 Å². The van der Waals surface area contributed by atoms with Crippen LogP contribution in [0, 0.1) is 17.8 Å². The predicted molar refractivity (Wildman–Crippen MR) is 135 cm³/mol. The van der Waals surface area contributed by atoms with Crippen LogP contribution in [0.25, 0.3) is 11.3 Å². The molecule has 1 N–H and O–H groups in total. The van der Waals surface area contributed by atoms with Gasteiger partial charge < -0.3 is 19.7 Å².